The van der Waals surface area contributed by atoms with E-state index < -0.39 is 5.97 Å². The lowest BCUT2D eigenvalue weighted by molar-refractivity contribution is 0.0697. The third kappa shape index (κ3) is 2.74. The van der Waals surface area contributed by atoms with E-state index in [0.717, 1.165) is 4.96 Å². The fourth-order valence-electron chi connectivity index (χ4n) is 1.75. The zero-order chi connectivity index (χ0) is 14.8. The summed E-state index contributed by atoms with van der Waals surface area (Å²) in [7, 11) is 0. The Bertz CT molecular complexity index is 822. The molecule has 3 rings (SSSR count). The Morgan fingerprint density at radius 1 is 1.43 bits per heavy atom. The van der Waals surface area contributed by atoms with Crippen molar-refractivity contribution in [3.63, 3.8) is 0 Å². The van der Waals surface area contributed by atoms with Crippen LogP contribution in [0.1, 0.15) is 16.1 Å². The molecule has 0 aliphatic heterocycles. The van der Waals surface area contributed by atoms with E-state index in [0.29, 0.717) is 16.5 Å². The van der Waals surface area contributed by atoms with Gasteiger partial charge in [-0.15, -0.1) is 11.3 Å². The summed E-state index contributed by atoms with van der Waals surface area (Å²) < 4.78 is 1.84. The molecule has 2 aromatic heterocycles. The highest BCUT2D eigenvalue weighted by Gasteiger charge is 2.08. The van der Waals surface area contributed by atoms with Gasteiger partial charge in [0.15, 0.2) is 10.1 Å². The standard InChI is InChI=1S/C13H9ClN4O2S/c14-11-10(18-5-6-21-13(18)16-11)7-15-17-9-3-1-8(2-4-9)12(19)20/h1-7,17H,(H,19,20)/b15-7-. The number of hydrogen-bond acceptors (Lipinski definition) is 5. The fourth-order valence-corrected chi connectivity index (χ4v) is 2.74. The maximum Gasteiger partial charge on any atom is 0.335 e. The molecule has 0 unspecified atom stereocenters. The van der Waals surface area contributed by atoms with E-state index in [1.807, 2.05) is 16.0 Å². The number of carboxylic acids is 1. The summed E-state index contributed by atoms with van der Waals surface area (Å²) in [6.07, 6.45) is 3.43. The van der Waals surface area contributed by atoms with Gasteiger partial charge in [-0.05, 0) is 24.3 Å². The molecule has 0 saturated heterocycles. The van der Waals surface area contributed by atoms with Gasteiger partial charge in [0.25, 0.3) is 0 Å². The molecular formula is C13H9ClN4O2S. The monoisotopic (exact) mass is 320 g/mol. The van der Waals surface area contributed by atoms with E-state index in [2.05, 4.69) is 15.5 Å². The molecule has 8 heteroatoms. The van der Waals surface area contributed by atoms with Crippen molar-refractivity contribution in [2.45, 2.75) is 0 Å². The average Bonchev–Trinajstić information content (AvgIpc) is 3.02. The molecule has 1 aromatic carbocycles. The van der Waals surface area contributed by atoms with E-state index in [9.17, 15) is 4.79 Å². The summed E-state index contributed by atoms with van der Waals surface area (Å²) in [5.41, 5.74) is 4.40. The summed E-state index contributed by atoms with van der Waals surface area (Å²) in [6, 6.07) is 6.28. The molecule has 106 valence electrons. The van der Waals surface area contributed by atoms with Gasteiger partial charge in [-0.2, -0.15) is 5.10 Å². The Labute approximate surface area is 128 Å². The molecule has 3 aromatic rings. The summed E-state index contributed by atoms with van der Waals surface area (Å²) in [4.78, 5) is 15.7. The highest BCUT2D eigenvalue weighted by molar-refractivity contribution is 7.15. The van der Waals surface area contributed by atoms with Gasteiger partial charge in [0.1, 0.15) is 5.69 Å². The number of aromatic carboxylic acids is 1. The summed E-state index contributed by atoms with van der Waals surface area (Å²) in [5.74, 6) is -0.962. The van der Waals surface area contributed by atoms with Crippen LogP contribution in [-0.2, 0) is 0 Å². The van der Waals surface area contributed by atoms with Crippen LogP contribution in [-0.4, -0.2) is 26.7 Å². The Hall–Kier alpha value is -2.38. The lowest BCUT2D eigenvalue weighted by Crippen LogP contribution is -1.97. The summed E-state index contributed by atoms with van der Waals surface area (Å²) in [5, 5.41) is 15.2. The maximum absolute atomic E-state index is 10.7. The van der Waals surface area contributed by atoms with Crippen molar-refractivity contribution in [2.24, 2.45) is 5.10 Å². The van der Waals surface area contributed by atoms with Gasteiger partial charge in [-0.1, -0.05) is 11.6 Å². The van der Waals surface area contributed by atoms with Crippen LogP contribution in [0.25, 0.3) is 4.96 Å². The maximum atomic E-state index is 10.7. The number of imidazole rings is 1. The van der Waals surface area contributed by atoms with E-state index in [1.54, 1.807) is 18.3 Å². The normalized spacial score (nSPS) is 11.3. The number of hydrogen-bond donors (Lipinski definition) is 2. The van der Waals surface area contributed by atoms with E-state index in [1.165, 1.54) is 23.5 Å². The van der Waals surface area contributed by atoms with Crippen LogP contribution >= 0.6 is 22.9 Å². The fraction of sp³-hybridized carbons (Fsp3) is 0. The first kappa shape index (κ1) is 13.6. The minimum absolute atomic E-state index is 0.225. The number of anilines is 1. The lowest BCUT2D eigenvalue weighted by atomic mass is 10.2. The second-order valence-corrected chi connectivity index (χ2v) is 5.33. The number of nitrogens with one attached hydrogen (secondary N) is 1. The third-order valence-electron chi connectivity index (χ3n) is 2.77. The number of carbonyl (C=O) groups is 1. The largest absolute Gasteiger partial charge is 0.478 e. The molecule has 6 nitrogen and oxygen atoms in total. The molecule has 0 amide bonds. The number of aromatic nitrogens is 2. The Morgan fingerprint density at radius 2 is 2.19 bits per heavy atom. The Morgan fingerprint density at radius 3 is 2.90 bits per heavy atom. The quantitative estimate of drug-likeness (QED) is 0.571. The predicted octanol–water partition coefficient (Wildman–Crippen LogP) is 3.19. The van der Waals surface area contributed by atoms with Crippen molar-refractivity contribution in [1.29, 1.82) is 0 Å². The predicted molar refractivity (Wildman–Crippen MR) is 82.7 cm³/mol. The first-order valence-electron chi connectivity index (χ1n) is 5.88. The first-order valence-corrected chi connectivity index (χ1v) is 7.14. The minimum Gasteiger partial charge on any atom is -0.478 e. The van der Waals surface area contributed by atoms with Crippen molar-refractivity contribution in [1.82, 2.24) is 9.38 Å². The Kier molecular flexibility index (Phi) is 3.59. The van der Waals surface area contributed by atoms with Crippen molar-refractivity contribution in [3.8, 4) is 0 Å². The number of benzene rings is 1. The van der Waals surface area contributed by atoms with E-state index >= 15 is 0 Å². The minimum atomic E-state index is -0.962. The number of hydrazone groups is 1. The van der Waals surface area contributed by atoms with Gasteiger partial charge in [-0.3, -0.25) is 9.83 Å². The molecule has 0 aliphatic rings. The topological polar surface area (TPSA) is 79.0 Å². The molecule has 2 N–H and O–H groups in total. The second-order valence-electron chi connectivity index (χ2n) is 4.10. The van der Waals surface area contributed by atoms with Gasteiger partial charge >= 0.3 is 5.97 Å². The molecular weight excluding hydrogens is 312 g/mol. The van der Waals surface area contributed by atoms with Crippen LogP contribution < -0.4 is 5.43 Å². The second kappa shape index (κ2) is 5.55. The van der Waals surface area contributed by atoms with Gasteiger partial charge in [0, 0.05) is 11.6 Å². The first-order chi connectivity index (χ1) is 10.1. The van der Waals surface area contributed by atoms with Crippen LogP contribution in [0.3, 0.4) is 0 Å². The smallest absolute Gasteiger partial charge is 0.335 e. The zero-order valence-corrected chi connectivity index (χ0v) is 12.1. The molecule has 2 heterocycles. The molecule has 0 spiro atoms. The average molecular weight is 321 g/mol. The van der Waals surface area contributed by atoms with Gasteiger partial charge in [0.05, 0.1) is 17.5 Å². The third-order valence-corrected chi connectivity index (χ3v) is 3.80. The number of rotatable bonds is 4. The van der Waals surface area contributed by atoms with Crippen LogP contribution in [0, 0.1) is 0 Å². The number of fused-ring (bicyclic) bond motifs is 1. The molecule has 0 fully saturated rings. The van der Waals surface area contributed by atoms with Crippen molar-refractivity contribution in [3.05, 3.63) is 52.3 Å². The molecule has 0 radical (unpaired) electrons. The Balaban J connectivity index is 1.76. The van der Waals surface area contributed by atoms with Crippen LogP contribution in [0.15, 0.2) is 40.9 Å². The molecule has 0 saturated carbocycles. The van der Waals surface area contributed by atoms with E-state index in [4.69, 9.17) is 16.7 Å². The lowest BCUT2D eigenvalue weighted by Gasteiger charge is -2.00. The van der Waals surface area contributed by atoms with Gasteiger partial charge in [-0.25, -0.2) is 9.78 Å². The van der Waals surface area contributed by atoms with Crippen LogP contribution in [0.2, 0.25) is 5.15 Å². The molecule has 0 atom stereocenters. The zero-order valence-electron chi connectivity index (χ0n) is 10.5. The number of halogens is 1. The van der Waals surface area contributed by atoms with Crippen molar-refractivity contribution < 1.29 is 9.90 Å². The summed E-state index contributed by atoms with van der Waals surface area (Å²) >= 11 is 7.52. The van der Waals surface area contributed by atoms with E-state index in [-0.39, 0.29) is 5.56 Å². The van der Waals surface area contributed by atoms with Gasteiger partial charge < -0.3 is 5.11 Å². The van der Waals surface area contributed by atoms with Crippen LogP contribution in [0.4, 0.5) is 5.69 Å². The molecule has 0 aliphatic carbocycles. The molecule has 0 bridgehead atoms. The molecule has 21 heavy (non-hydrogen) atoms. The number of thiazole rings is 1. The number of nitrogens with zero attached hydrogens (tertiary/aromatic N) is 3. The van der Waals surface area contributed by atoms with Crippen LogP contribution in [0.5, 0.6) is 0 Å². The van der Waals surface area contributed by atoms with Crippen molar-refractivity contribution >= 4 is 45.8 Å². The number of carboxylic acid groups (broad SMARTS) is 1. The van der Waals surface area contributed by atoms with Gasteiger partial charge in [0.2, 0.25) is 0 Å². The SMILES string of the molecule is O=C(O)c1ccc(N/N=C\c2c(Cl)nc3sccn23)cc1. The summed E-state index contributed by atoms with van der Waals surface area (Å²) in [6.45, 7) is 0. The highest BCUT2D eigenvalue weighted by atomic mass is 35.5. The van der Waals surface area contributed by atoms with Crippen molar-refractivity contribution in [2.75, 3.05) is 5.43 Å². The highest BCUT2D eigenvalue weighted by Crippen LogP contribution is 2.19.